The number of rotatable bonds is 6. The maximum Gasteiger partial charge on any atom is 0.406 e. The van der Waals surface area contributed by atoms with Gasteiger partial charge in [-0.1, -0.05) is 11.6 Å². The highest BCUT2D eigenvalue weighted by atomic mass is 19.4. The van der Waals surface area contributed by atoms with Crippen molar-refractivity contribution in [3.8, 4) is 5.75 Å². The maximum absolute atomic E-state index is 12.7. The monoisotopic (exact) mass is 358 g/mol. The molecule has 0 saturated heterocycles. The van der Waals surface area contributed by atoms with Gasteiger partial charge in [0.25, 0.3) is 0 Å². The number of likely N-dealkylation sites (N-methyl/N-ethyl adjacent to an activating group) is 1. The van der Waals surface area contributed by atoms with Crippen LogP contribution in [0.4, 0.5) is 13.2 Å². The number of methoxy groups -OCH3 is 1. The van der Waals surface area contributed by atoms with Crippen LogP contribution in [-0.2, 0) is 9.59 Å². The minimum atomic E-state index is -4.60. The van der Waals surface area contributed by atoms with Crippen molar-refractivity contribution in [1.82, 2.24) is 9.80 Å². The molecule has 0 fully saturated rings. The van der Waals surface area contributed by atoms with Gasteiger partial charge in [-0.25, -0.2) is 0 Å². The maximum atomic E-state index is 12.7. The fourth-order valence-electron chi connectivity index (χ4n) is 1.98. The Labute approximate surface area is 144 Å². The minimum absolute atomic E-state index is 0.459. The smallest absolute Gasteiger partial charge is 0.406 e. The lowest BCUT2D eigenvalue weighted by Crippen LogP contribution is -2.44. The summed E-state index contributed by atoms with van der Waals surface area (Å²) in [7, 11) is 4.27. The number of aryl methyl sites for hydroxylation is 1. The number of carbonyl (C=O) groups excluding carboxylic acids is 2. The van der Waals surface area contributed by atoms with Gasteiger partial charge in [0.2, 0.25) is 11.8 Å². The van der Waals surface area contributed by atoms with Gasteiger partial charge in [-0.2, -0.15) is 13.2 Å². The number of halogens is 3. The molecule has 0 N–H and O–H groups in total. The molecule has 0 atom stereocenters. The Bertz CT molecular complexity index is 655. The van der Waals surface area contributed by atoms with E-state index in [0.29, 0.717) is 16.2 Å². The molecule has 0 aliphatic heterocycles. The number of ether oxygens (including phenoxy) is 1. The van der Waals surface area contributed by atoms with Crippen molar-refractivity contribution < 1.29 is 27.5 Å². The summed E-state index contributed by atoms with van der Waals surface area (Å²) in [6.07, 6.45) is -2.22. The van der Waals surface area contributed by atoms with Crippen molar-refractivity contribution in [2.75, 3.05) is 34.3 Å². The van der Waals surface area contributed by atoms with E-state index in [-0.39, 0.29) is 0 Å². The fourth-order valence-corrected chi connectivity index (χ4v) is 1.98. The molecular weight excluding hydrogens is 337 g/mol. The normalized spacial score (nSPS) is 11.5. The van der Waals surface area contributed by atoms with Crippen LogP contribution in [0.15, 0.2) is 24.3 Å². The van der Waals surface area contributed by atoms with Crippen molar-refractivity contribution >= 4 is 17.9 Å². The van der Waals surface area contributed by atoms with Crippen LogP contribution in [0.25, 0.3) is 6.08 Å². The summed E-state index contributed by atoms with van der Waals surface area (Å²) in [6.45, 7) is -0.314. The molecule has 0 aromatic heterocycles. The predicted octanol–water partition coefficient (Wildman–Crippen LogP) is 2.50. The number of hydrogen-bond acceptors (Lipinski definition) is 3. The van der Waals surface area contributed by atoms with Gasteiger partial charge in [-0.3, -0.25) is 9.59 Å². The zero-order valence-corrected chi connectivity index (χ0v) is 14.6. The second-order valence-electron chi connectivity index (χ2n) is 5.68. The first kappa shape index (κ1) is 20.5. The van der Waals surface area contributed by atoms with Crippen molar-refractivity contribution in [3.05, 3.63) is 35.4 Å². The summed E-state index contributed by atoms with van der Waals surface area (Å²) in [4.78, 5) is 25.4. The molecule has 2 amide bonds. The third kappa shape index (κ3) is 6.86. The highest BCUT2D eigenvalue weighted by Gasteiger charge is 2.33. The van der Waals surface area contributed by atoms with E-state index in [1.807, 2.05) is 13.0 Å². The molecule has 0 saturated carbocycles. The quantitative estimate of drug-likeness (QED) is 0.734. The Morgan fingerprint density at radius 2 is 1.88 bits per heavy atom. The van der Waals surface area contributed by atoms with Crippen molar-refractivity contribution in [3.63, 3.8) is 0 Å². The highest BCUT2D eigenvalue weighted by molar-refractivity contribution is 5.94. The number of nitrogens with zero attached hydrogens (tertiary/aromatic N) is 2. The molecular formula is C17H21F3N2O3. The van der Waals surface area contributed by atoms with Crippen LogP contribution in [-0.4, -0.2) is 62.1 Å². The van der Waals surface area contributed by atoms with E-state index >= 15 is 0 Å². The van der Waals surface area contributed by atoms with E-state index in [2.05, 4.69) is 0 Å². The van der Waals surface area contributed by atoms with Gasteiger partial charge in [0.05, 0.1) is 7.11 Å². The standard InChI is InChI=1S/C17H21F3N2O3/c1-12-5-7-14(25-4)13(9-12)6-8-15(23)22(11-17(18,19)20)10-16(24)21(2)3/h5-9H,10-11H2,1-4H3. The molecule has 1 aromatic carbocycles. The Kier molecular flexibility index (Phi) is 7.02. The average Bonchev–Trinajstić information content (AvgIpc) is 2.50. The lowest BCUT2D eigenvalue weighted by molar-refractivity contribution is -0.161. The molecule has 0 unspecified atom stereocenters. The first-order chi connectivity index (χ1) is 11.5. The Morgan fingerprint density at radius 3 is 2.40 bits per heavy atom. The van der Waals surface area contributed by atoms with Crippen LogP contribution < -0.4 is 4.74 Å². The molecule has 0 spiro atoms. The van der Waals surface area contributed by atoms with E-state index in [4.69, 9.17) is 4.74 Å². The molecule has 0 bridgehead atoms. The van der Waals surface area contributed by atoms with Gasteiger partial charge < -0.3 is 14.5 Å². The van der Waals surface area contributed by atoms with E-state index in [1.165, 1.54) is 27.3 Å². The van der Waals surface area contributed by atoms with Crippen molar-refractivity contribution in [2.45, 2.75) is 13.1 Å². The number of amides is 2. The van der Waals surface area contributed by atoms with Crippen LogP contribution in [0, 0.1) is 6.92 Å². The van der Waals surface area contributed by atoms with Crippen LogP contribution in [0.2, 0.25) is 0 Å². The molecule has 0 aliphatic rings. The summed E-state index contributed by atoms with van der Waals surface area (Å²) in [5.74, 6) is -1.02. The molecule has 1 rings (SSSR count). The summed E-state index contributed by atoms with van der Waals surface area (Å²) < 4.78 is 43.2. The summed E-state index contributed by atoms with van der Waals surface area (Å²) in [5.41, 5.74) is 1.46. The Hall–Kier alpha value is -2.51. The first-order valence-electron chi connectivity index (χ1n) is 7.42. The van der Waals surface area contributed by atoms with Gasteiger partial charge in [-0.05, 0) is 25.1 Å². The van der Waals surface area contributed by atoms with Crippen LogP contribution in [0.3, 0.4) is 0 Å². The molecule has 8 heteroatoms. The van der Waals surface area contributed by atoms with Gasteiger partial charge in [-0.15, -0.1) is 0 Å². The molecule has 0 aliphatic carbocycles. The van der Waals surface area contributed by atoms with Crippen LogP contribution >= 0.6 is 0 Å². The second kappa shape index (κ2) is 8.55. The fraction of sp³-hybridized carbons (Fsp3) is 0.412. The first-order valence-corrected chi connectivity index (χ1v) is 7.42. The zero-order chi connectivity index (χ0) is 19.2. The van der Waals surface area contributed by atoms with E-state index < -0.39 is 31.1 Å². The van der Waals surface area contributed by atoms with E-state index in [0.717, 1.165) is 16.5 Å². The number of alkyl halides is 3. The molecule has 0 radical (unpaired) electrons. The molecule has 25 heavy (non-hydrogen) atoms. The average molecular weight is 358 g/mol. The number of carbonyl (C=O) groups is 2. The van der Waals surface area contributed by atoms with Gasteiger partial charge in [0.1, 0.15) is 18.8 Å². The Morgan fingerprint density at radius 1 is 1.24 bits per heavy atom. The third-order valence-electron chi connectivity index (χ3n) is 3.30. The van der Waals surface area contributed by atoms with E-state index in [1.54, 1.807) is 12.1 Å². The predicted molar refractivity (Wildman–Crippen MR) is 88.1 cm³/mol. The SMILES string of the molecule is COc1ccc(C)cc1C=CC(=O)N(CC(=O)N(C)C)CC(F)(F)F. The van der Waals surface area contributed by atoms with E-state index in [9.17, 15) is 22.8 Å². The second-order valence-corrected chi connectivity index (χ2v) is 5.68. The zero-order valence-electron chi connectivity index (χ0n) is 14.6. The topological polar surface area (TPSA) is 49.9 Å². The number of benzene rings is 1. The van der Waals surface area contributed by atoms with Crippen LogP contribution in [0.1, 0.15) is 11.1 Å². The third-order valence-corrected chi connectivity index (χ3v) is 3.30. The lowest BCUT2D eigenvalue weighted by atomic mass is 10.1. The van der Waals surface area contributed by atoms with Crippen LogP contribution in [0.5, 0.6) is 5.75 Å². The van der Waals surface area contributed by atoms with Gasteiger partial charge in [0.15, 0.2) is 0 Å². The highest BCUT2D eigenvalue weighted by Crippen LogP contribution is 2.21. The molecule has 5 nitrogen and oxygen atoms in total. The molecule has 0 heterocycles. The minimum Gasteiger partial charge on any atom is -0.496 e. The van der Waals surface area contributed by atoms with Gasteiger partial charge in [0, 0.05) is 25.7 Å². The summed E-state index contributed by atoms with van der Waals surface area (Å²) >= 11 is 0. The summed E-state index contributed by atoms with van der Waals surface area (Å²) in [5, 5.41) is 0. The molecule has 1 aromatic rings. The van der Waals surface area contributed by atoms with Crippen molar-refractivity contribution in [2.24, 2.45) is 0 Å². The molecule has 138 valence electrons. The lowest BCUT2D eigenvalue weighted by Gasteiger charge is -2.23. The van der Waals surface area contributed by atoms with Gasteiger partial charge >= 0.3 is 6.18 Å². The summed E-state index contributed by atoms with van der Waals surface area (Å²) in [6, 6.07) is 5.24. The van der Waals surface area contributed by atoms with Crippen molar-refractivity contribution in [1.29, 1.82) is 0 Å². The Balaban J connectivity index is 3.01. The number of hydrogen-bond donors (Lipinski definition) is 0. The largest absolute Gasteiger partial charge is 0.496 e.